The second-order valence-corrected chi connectivity index (χ2v) is 3.67. The molecule has 0 aromatic heterocycles. The van der Waals surface area contributed by atoms with Crippen LogP contribution in [0.1, 0.15) is 22.8 Å². The fourth-order valence-electron chi connectivity index (χ4n) is 1.85. The van der Waals surface area contributed by atoms with Crippen LogP contribution in [0.25, 0.3) is 0 Å². The Morgan fingerprint density at radius 2 is 2.31 bits per heavy atom. The Labute approximate surface area is 78.6 Å². The van der Waals surface area contributed by atoms with Crippen LogP contribution >= 0.6 is 0 Å². The van der Waals surface area contributed by atoms with E-state index in [-0.39, 0.29) is 6.10 Å². The summed E-state index contributed by atoms with van der Waals surface area (Å²) in [5, 5.41) is 13.0. The summed E-state index contributed by atoms with van der Waals surface area (Å²) >= 11 is 0. The largest absolute Gasteiger partial charge is 0.387 e. The molecule has 0 saturated carbocycles. The molecule has 0 amide bonds. The predicted octanol–water partition coefficient (Wildman–Crippen LogP) is 1.17. The van der Waals surface area contributed by atoms with Crippen LogP contribution < -0.4 is 5.32 Å². The summed E-state index contributed by atoms with van der Waals surface area (Å²) in [4.78, 5) is 0. The summed E-state index contributed by atoms with van der Waals surface area (Å²) in [5.41, 5.74) is 3.65. The third-order valence-corrected chi connectivity index (χ3v) is 2.57. The number of hydrogen-bond donors (Lipinski definition) is 2. The number of aliphatic hydroxyl groups is 1. The first-order valence-electron chi connectivity index (χ1n) is 4.75. The van der Waals surface area contributed by atoms with Gasteiger partial charge in [0.25, 0.3) is 0 Å². The van der Waals surface area contributed by atoms with Gasteiger partial charge >= 0.3 is 0 Å². The Balaban J connectivity index is 2.42. The van der Waals surface area contributed by atoms with Crippen LogP contribution in [0.15, 0.2) is 18.2 Å². The van der Waals surface area contributed by atoms with Gasteiger partial charge in [-0.3, -0.25) is 0 Å². The van der Waals surface area contributed by atoms with Gasteiger partial charge < -0.3 is 10.4 Å². The maximum Gasteiger partial charge on any atom is 0.0917 e. The van der Waals surface area contributed by atoms with Crippen molar-refractivity contribution in [1.29, 1.82) is 0 Å². The van der Waals surface area contributed by atoms with Crippen LogP contribution in [0.2, 0.25) is 0 Å². The molecule has 0 fully saturated rings. The highest BCUT2D eigenvalue weighted by molar-refractivity contribution is 5.34. The minimum Gasteiger partial charge on any atom is -0.387 e. The zero-order valence-corrected chi connectivity index (χ0v) is 7.88. The van der Waals surface area contributed by atoms with Gasteiger partial charge in [0.15, 0.2) is 0 Å². The highest BCUT2D eigenvalue weighted by Crippen LogP contribution is 2.21. The Morgan fingerprint density at radius 1 is 1.46 bits per heavy atom. The van der Waals surface area contributed by atoms with Gasteiger partial charge in [-0.2, -0.15) is 0 Å². The lowest BCUT2D eigenvalue weighted by Gasteiger charge is -2.11. The fraction of sp³-hybridized carbons (Fsp3) is 0.455. The zero-order chi connectivity index (χ0) is 9.26. The molecule has 1 heterocycles. The van der Waals surface area contributed by atoms with Crippen LogP contribution in [-0.4, -0.2) is 18.2 Å². The fourth-order valence-corrected chi connectivity index (χ4v) is 1.85. The second-order valence-electron chi connectivity index (χ2n) is 3.67. The first kappa shape index (κ1) is 8.73. The second kappa shape index (κ2) is 3.48. The van der Waals surface area contributed by atoms with Crippen molar-refractivity contribution < 1.29 is 5.11 Å². The minimum atomic E-state index is -0.335. The van der Waals surface area contributed by atoms with E-state index in [0.717, 1.165) is 18.5 Å². The Morgan fingerprint density at radius 3 is 3.15 bits per heavy atom. The summed E-state index contributed by atoms with van der Waals surface area (Å²) in [7, 11) is 0. The van der Waals surface area contributed by atoms with E-state index in [4.69, 9.17) is 0 Å². The molecule has 2 heteroatoms. The number of aliphatic hydroxyl groups excluding tert-OH is 1. The van der Waals surface area contributed by atoms with Crippen LogP contribution in [-0.2, 0) is 6.42 Å². The maximum absolute atomic E-state index is 9.77. The summed E-state index contributed by atoms with van der Waals surface area (Å²) < 4.78 is 0. The quantitative estimate of drug-likeness (QED) is 0.623. The summed E-state index contributed by atoms with van der Waals surface area (Å²) in [6.07, 6.45) is 0.687. The standard InChI is InChI=1S/C11H15NO/c1-8-2-3-10-9(6-8)4-5-12-7-11(10)13/h2-3,6,11-13H,4-5,7H2,1H3. The minimum absolute atomic E-state index is 0.335. The van der Waals surface area contributed by atoms with Gasteiger partial charge in [-0.15, -0.1) is 0 Å². The van der Waals surface area contributed by atoms with E-state index in [1.165, 1.54) is 11.1 Å². The lowest BCUT2D eigenvalue weighted by Crippen LogP contribution is -2.19. The third-order valence-electron chi connectivity index (χ3n) is 2.57. The predicted molar refractivity (Wildman–Crippen MR) is 52.7 cm³/mol. The molecule has 0 saturated heterocycles. The first-order chi connectivity index (χ1) is 6.27. The number of rotatable bonds is 0. The van der Waals surface area contributed by atoms with Crippen LogP contribution in [0, 0.1) is 6.92 Å². The SMILES string of the molecule is Cc1ccc2c(c1)CCNCC2O. The van der Waals surface area contributed by atoms with Gasteiger partial charge in [0.05, 0.1) is 6.10 Å². The molecule has 13 heavy (non-hydrogen) atoms. The number of fused-ring (bicyclic) bond motifs is 1. The number of nitrogens with one attached hydrogen (secondary N) is 1. The molecule has 1 unspecified atom stereocenters. The average molecular weight is 177 g/mol. The van der Waals surface area contributed by atoms with E-state index in [0.29, 0.717) is 6.54 Å². The Hall–Kier alpha value is -0.860. The van der Waals surface area contributed by atoms with Crippen LogP contribution in [0.4, 0.5) is 0 Å². The van der Waals surface area contributed by atoms with Crippen LogP contribution in [0.5, 0.6) is 0 Å². The van der Waals surface area contributed by atoms with Crippen LogP contribution in [0.3, 0.4) is 0 Å². The maximum atomic E-state index is 9.77. The van der Waals surface area contributed by atoms with Crippen molar-refractivity contribution in [3.8, 4) is 0 Å². The average Bonchev–Trinajstić information content (AvgIpc) is 2.28. The molecule has 70 valence electrons. The van der Waals surface area contributed by atoms with E-state index in [1.807, 2.05) is 6.07 Å². The van der Waals surface area contributed by atoms with E-state index in [2.05, 4.69) is 24.4 Å². The van der Waals surface area contributed by atoms with E-state index < -0.39 is 0 Å². The van der Waals surface area contributed by atoms with Gasteiger partial charge in [0, 0.05) is 6.54 Å². The molecule has 1 atom stereocenters. The first-order valence-corrected chi connectivity index (χ1v) is 4.75. The lowest BCUT2D eigenvalue weighted by molar-refractivity contribution is 0.178. The number of hydrogen-bond acceptors (Lipinski definition) is 2. The van der Waals surface area contributed by atoms with Crippen molar-refractivity contribution in [2.45, 2.75) is 19.4 Å². The van der Waals surface area contributed by atoms with E-state index >= 15 is 0 Å². The van der Waals surface area contributed by atoms with Crippen molar-refractivity contribution >= 4 is 0 Å². The number of β-amino-alcohol motifs (C(OH)–C–C–N with tert-alkyl or cyclic N) is 1. The lowest BCUT2D eigenvalue weighted by atomic mass is 9.99. The summed E-state index contributed by atoms with van der Waals surface area (Å²) in [6.45, 7) is 3.73. The molecular weight excluding hydrogens is 162 g/mol. The monoisotopic (exact) mass is 177 g/mol. The number of aryl methyl sites for hydroxylation is 1. The molecule has 0 aliphatic carbocycles. The molecule has 0 spiro atoms. The molecule has 1 aliphatic rings. The van der Waals surface area contributed by atoms with Gasteiger partial charge in [-0.25, -0.2) is 0 Å². The molecule has 2 N–H and O–H groups in total. The van der Waals surface area contributed by atoms with E-state index in [1.54, 1.807) is 0 Å². The van der Waals surface area contributed by atoms with Gasteiger partial charge in [-0.05, 0) is 31.0 Å². The van der Waals surface area contributed by atoms with Crippen molar-refractivity contribution in [2.24, 2.45) is 0 Å². The molecule has 0 radical (unpaired) electrons. The van der Waals surface area contributed by atoms with E-state index in [9.17, 15) is 5.11 Å². The smallest absolute Gasteiger partial charge is 0.0917 e. The van der Waals surface area contributed by atoms with Crippen molar-refractivity contribution in [2.75, 3.05) is 13.1 Å². The molecule has 1 aromatic rings. The molecule has 1 aliphatic heterocycles. The topological polar surface area (TPSA) is 32.3 Å². The Kier molecular flexibility index (Phi) is 2.34. The molecule has 2 nitrogen and oxygen atoms in total. The highest BCUT2D eigenvalue weighted by Gasteiger charge is 2.14. The summed E-state index contributed by atoms with van der Waals surface area (Å²) in [6, 6.07) is 6.28. The molecular formula is C11H15NO. The van der Waals surface area contributed by atoms with Crippen molar-refractivity contribution in [3.63, 3.8) is 0 Å². The highest BCUT2D eigenvalue weighted by atomic mass is 16.3. The number of benzene rings is 1. The molecule has 1 aromatic carbocycles. The molecule has 2 rings (SSSR count). The van der Waals surface area contributed by atoms with Gasteiger partial charge in [0.1, 0.15) is 0 Å². The van der Waals surface area contributed by atoms with Crippen molar-refractivity contribution in [1.82, 2.24) is 5.32 Å². The van der Waals surface area contributed by atoms with Gasteiger partial charge in [-0.1, -0.05) is 23.8 Å². The summed E-state index contributed by atoms with van der Waals surface area (Å²) in [5.74, 6) is 0. The molecule has 0 bridgehead atoms. The van der Waals surface area contributed by atoms with Gasteiger partial charge in [0.2, 0.25) is 0 Å². The normalized spacial score (nSPS) is 22.2. The zero-order valence-electron chi connectivity index (χ0n) is 7.88. The third kappa shape index (κ3) is 1.74. The Bertz CT molecular complexity index is 309. The van der Waals surface area contributed by atoms with Crippen molar-refractivity contribution in [3.05, 3.63) is 34.9 Å².